The van der Waals surface area contributed by atoms with Gasteiger partial charge < -0.3 is 14.2 Å². The molecule has 1 aliphatic carbocycles. The van der Waals surface area contributed by atoms with Gasteiger partial charge in [-0.05, 0) is 62.8 Å². The number of halogens is 2. The number of benzene rings is 1. The van der Waals surface area contributed by atoms with Gasteiger partial charge in [-0.15, -0.1) is 0 Å². The molecule has 2 fully saturated rings. The predicted molar refractivity (Wildman–Crippen MR) is 153 cm³/mol. The number of aryl methyl sites for hydroxylation is 1. The fourth-order valence-electron chi connectivity index (χ4n) is 6.68. The molecule has 1 saturated heterocycles. The third-order valence-electron chi connectivity index (χ3n) is 8.63. The van der Waals surface area contributed by atoms with Gasteiger partial charge in [0.2, 0.25) is 5.92 Å². The molecule has 1 aliphatic heterocycles. The largest absolute Gasteiger partial charge is 0.496 e. The highest BCUT2D eigenvalue weighted by molar-refractivity contribution is 5.95. The molecule has 5 rings (SSSR count). The summed E-state index contributed by atoms with van der Waals surface area (Å²) in [6, 6.07) is 3.65. The van der Waals surface area contributed by atoms with Gasteiger partial charge in [0, 0.05) is 54.3 Å². The molecule has 0 N–H and O–H groups in total. The number of hydrogen-bond acceptors (Lipinski definition) is 7. The number of piperidine rings is 1. The maximum atomic E-state index is 14.1. The van der Waals surface area contributed by atoms with E-state index in [4.69, 9.17) is 14.2 Å². The summed E-state index contributed by atoms with van der Waals surface area (Å²) in [5.74, 6) is -2.31. The van der Waals surface area contributed by atoms with E-state index in [1.54, 1.807) is 31.0 Å². The Kier molecular flexibility index (Phi) is 8.59. The standard InChI is InChI=1S/C31H40F2N4O5/c1-5-7-12-42-29(39)37-10-8-23-24(26(40-4)13-21(3)28(23)37)17-35-11-9-30(19-31(32,33)20-30)14-25(35)22-15-34-36(16-22)18-27(38)41-6-2/h8,10,13,15-16,25H,5-7,9,11-12,14,17-20H2,1-4H3/t25-/m1/s1. The lowest BCUT2D eigenvalue weighted by molar-refractivity contribution is -0.186. The van der Waals surface area contributed by atoms with Crippen LogP contribution in [-0.2, 0) is 27.4 Å². The predicted octanol–water partition coefficient (Wildman–Crippen LogP) is 6.26. The number of hydrogen-bond donors (Lipinski definition) is 0. The minimum absolute atomic E-state index is 0.0158. The number of ether oxygens (including phenoxy) is 3. The molecule has 1 atom stereocenters. The van der Waals surface area contributed by atoms with E-state index in [2.05, 4.69) is 10.00 Å². The van der Waals surface area contributed by atoms with Crippen molar-refractivity contribution in [1.29, 1.82) is 0 Å². The number of carbonyl (C=O) groups excluding carboxylic acids is 2. The second-order valence-corrected chi connectivity index (χ2v) is 11.7. The molecule has 1 saturated carbocycles. The monoisotopic (exact) mass is 586 g/mol. The maximum absolute atomic E-state index is 14.1. The Morgan fingerprint density at radius 2 is 1.98 bits per heavy atom. The molecule has 42 heavy (non-hydrogen) atoms. The molecule has 3 heterocycles. The number of esters is 1. The molecule has 0 amide bonds. The van der Waals surface area contributed by atoms with E-state index in [0.717, 1.165) is 40.4 Å². The highest BCUT2D eigenvalue weighted by Crippen LogP contribution is 2.60. The number of carbonyl (C=O) groups is 2. The normalized spacial score (nSPS) is 19.5. The lowest BCUT2D eigenvalue weighted by Gasteiger charge is -2.54. The quantitative estimate of drug-likeness (QED) is 0.205. The van der Waals surface area contributed by atoms with Crippen LogP contribution in [0.1, 0.15) is 75.1 Å². The van der Waals surface area contributed by atoms with Gasteiger partial charge in [0.25, 0.3) is 0 Å². The van der Waals surface area contributed by atoms with Crippen molar-refractivity contribution in [2.24, 2.45) is 5.41 Å². The zero-order valence-electron chi connectivity index (χ0n) is 24.8. The van der Waals surface area contributed by atoms with E-state index in [9.17, 15) is 18.4 Å². The molecule has 3 aromatic rings. The van der Waals surface area contributed by atoms with Gasteiger partial charge in [-0.25, -0.2) is 13.6 Å². The number of rotatable bonds is 10. The summed E-state index contributed by atoms with van der Waals surface area (Å²) in [6.45, 7) is 7.45. The molecule has 1 spiro atoms. The van der Waals surface area contributed by atoms with Crippen LogP contribution in [0.2, 0.25) is 0 Å². The van der Waals surface area contributed by atoms with E-state index in [-0.39, 0.29) is 38.0 Å². The zero-order valence-corrected chi connectivity index (χ0v) is 24.8. The molecule has 11 heteroatoms. The van der Waals surface area contributed by atoms with E-state index in [0.29, 0.717) is 38.3 Å². The van der Waals surface area contributed by atoms with Crippen LogP contribution in [0.25, 0.3) is 10.9 Å². The van der Waals surface area contributed by atoms with Crippen LogP contribution in [0, 0.1) is 12.3 Å². The van der Waals surface area contributed by atoms with E-state index in [1.165, 1.54) is 4.68 Å². The minimum atomic E-state index is -2.62. The number of nitrogens with zero attached hydrogens (tertiary/aromatic N) is 4. The van der Waals surface area contributed by atoms with Gasteiger partial charge in [-0.2, -0.15) is 5.10 Å². The molecular formula is C31H40F2N4O5. The van der Waals surface area contributed by atoms with Gasteiger partial charge in [0.05, 0.1) is 32.0 Å². The summed E-state index contributed by atoms with van der Waals surface area (Å²) in [6.07, 6.45) is 7.58. The highest BCUT2D eigenvalue weighted by atomic mass is 19.3. The van der Waals surface area contributed by atoms with Crippen molar-refractivity contribution in [1.82, 2.24) is 19.2 Å². The van der Waals surface area contributed by atoms with Gasteiger partial charge >= 0.3 is 12.1 Å². The summed E-state index contributed by atoms with van der Waals surface area (Å²) < 4.78 is 47.7. The van der Waals surface area contributed by atoms with Crippen molar-refractivity contribution in [2.45, 2.75) is 84.4 Å². The first kappa shape index (κ1) is 30.0. The number of aromatic nitrogens is 3. The summed E-state index contributed by atoms with van der Waals surface area (Å²) in [4.78, 5) is 27.2. The number of likely N-dealkylation sites (tertiary alicyclic amines) is 1. The summed E-state index contributed by atoms with van der Waals surface area (Å²) >= 11 is 0. The van der Waals surface area contributed by atoms with Crippen LogP contribution < -0.4 is 4.74 Å². The van der Waals surface area contributed by atoms with Gasteiger partial charge in [-0.1, -0.05) is 13.3 Å². The average Bonchev–Trinajstić information content (AvgIpc) is 3.58. The van der Waals surface area contributed by atoms with Gasteiger partial charge in [0.15, 0.2) is 0 Å². The van der Waals surface area contributed by atoms with Gasteiger partial charge in [0.1, 0.15) is 12.3 Å². The summed E-state index contributed by atoms with van der Waals surface area (Å²) in [7, 11) is 1.62. The fourth-order valence-corrected chi connectivity index (χ4v) is 6.68. The molecule has 2 aliphatic rings. The SMILES string of the molecule is CCCCOC(=O)n1ccc2c(CN3CCC4(C[C@@H]3c3cnn(CC(=O)OCC)c3)CC(F)(F)C4)c(OC)cc(C)c21. The molecule has 1 aromatic carbocycles. The Balaban J connectivity index is 1.47. The van der Waals surface area contributed by atoms with Gasteiger partial charge in [-0.3, -0.25) is 18.9 Å². The van der Waals surface area contributed by atoms with Crippen molar-refractivity contribution < 1.29 is 32.6 Å². The second-order valence-electron chi connectivity index (χ2n) is 11.7. The maximum Gasteiger partial charge on any atom is 0.418 e. The van der Waals surface area contributed by atoms with E-state index in [1.807, 2.05) is 32.2 Å². The van der Waals surface area contributed by atoms with Crippen LogP contribution in [0.3, 0.4) is 0 Å². The number of methoxy groups -OCH3 is 1. The van der Waals surface area contributed by atoms with Crippen molar-refractivity contribution >= 4 is 23.0 Å². The third-order valence-corrected chi connectivity index (χ3v) is 8.63. The van der Waals surface area contributed by atoms with Crippen LogP contribution in [0.5, 0.6) is 5.75 Å². The molecule has 0 unspecified atom stereocenters. The van der Waals surface area contributed by atoms with E-state index >= 15 is 0 Å². The Bertz CT molecular complexity index is 1440. The second kappa shape index (κ2) is 12.0. The summed E-state index contributed by atoms with van der Waals surface area (Å²) in [5, 5.41) is 5.27. The fraction of sp³-hybridized carbons (Fsp3) is 0.581. The Hall–Kier alpha value is -3.47. The molecule has 0 bridgehead atoms. The van der Waals surface area contributed by atoms with Crippen LogP contribution in [-0.4, -0.2) is 64.1 Å². The lowest BCUT2D eigenvalue weighted by atomic mass is 9.59. The smallest absolute Gasteiger partial charge is 0.418 e. The Morgan fingerprint density at radius 3 is 2.67 bits per heavy atom. The van der Waals surface area contributed by atoms with E-state index < -0.39 is 17.4 Å². The zero-order chi connectivity index (χ0) is 30.1. The molecular weight excluding hydrogens is 546 g/mol. The minimum Gasteiger partial charge on any atom is -0.496 e. The first-order valence-electron chi connectivity index (χ1n) is 14.7. The van der Waals surface area contributed by atoms with Crippen molar-refractivity contribution in [3.63, 3.8) is 0 Å². The lowest BCUT2D eigenvalue weighted by Crippen LogP contribution is -2.53. The van der Waals surface area contributed by atoms with Crippen molar-refractivity contribution in [3.05, 3.63) is 47.4 Å². The number of alkyl halides is 2. The van der Waals surface area contributed by atoms with Crippen LogP contribution in [0.4, 0.5) is 13.6 Å². The third kappa shape index (κ3) is 6.02. The molecule has 228 valence electrons. The van der Waals surface area contributed by atoms with Crippen LogP contribution in [0.15, 0.2) is 30.7 Å². The molecule has 0 radical (unpaired) electrons. The molecule has 9 nitrogen and oxygen atoms in total. The Labute approximate surface area is 244 Å². The van der Waals surface area contributed by atoms with Crippen molar-refractivity contribution in [2.75, 3.05) is 26.9 Å². The first-order chi connectivity index (χ1) is 20.1. The average molecular weight is 587 g/mol. The van der Waals surface area contributed by atoms with Crippen LogP contribution >= 0.6 is 0 Å². The molecule has 2 aromatic heterocycles. The van der Waals surface area contributed by atoms with Crippen molar-refractivity contribution in [3.8, 4) is 5.75 Å². The summed E-state index contributed by atoms with van der Waals surface area (Å²) in [5.41, 5.74) is 3.00. The highest BCUT2D eigenvalue weighted by Gasteiger charge is 2.58. The first-order valence-corrected chi connectivity index (χ1v) is 14.7. The topological polar surface area (TPSA) is 87.8 Å². The number of unbranched alkanes of at least 4 members (excludes halogenated alkanes) is 1. The Morgan fingerprint density at radius 1 is 1.19 bits per heavy atom. The number of fused-ring (bicyclic) bond motifs is 1.